The molecule has 1 aromatic heterocycles. The molecule has 0 amide bonds. The SMILES string of the molecule is CCC1=CN2CCc3c([nH]c4ccccc34)C2C=C1C1=CN2c3ccccc3C34CCN5CC(=CCO)C(CC53)C(C1O)C24. The fraction of sp³-hybridized carbons (Fsp3) is 0.421. The number of aromatic amines is 1. The molecule has 2 bridgehead atoms. The maximum atomic E-state index is 12.7. The van der Waals surface area contributed by atoms with Crippen molar-refractivity contribution in [1.29, 1.82) is 0 Å². The first kappa shape index (κ1) is 25.7. The van der Waals surface area contributed by atoms with Crippen LogP contribution in [-0.2, 0) is 11.8 Å². The molecule has 0 radical (unpaired) electrons. The summed E-state index contributed by atoms with van der Waals surface area (Å²) in [5.74, 6) is 0.337. The van der Waals surface area contributed by atoms with Gasteiger partial charge in [0.1, 0.15) is 0 Å². The molecular weight excluding hydrogens is 544 g/mol. The number of benzene rings is 2. The number of anilines is 1. The summed E-state index contributed by atoms with van der Waals surface area (Å²) in [7, 11) is 0. The zero-order valence-corrected chi connectivity index (χ0v) is 25.3. The van der Waals surface area contributed by atoms with Crippen molar-refractivity contribution in [2.75, 3.05) is 31.1 Å². The lowest BCUT2D eigenvalue weighted by molar-refractivity contribution is -0.00919. The van der Waals surface area contributed by atoms with Crippen LogP contribution in [0.5, 0.6) is 0 Å². The van der Waals surface area contributed by atoms with Crippen molar-refractivity contribution < 1.29 is 10.2 Å². The Balaban J connectivity index is 1.16. The number of aromatic nitrogens is 1. The third-order valence-electron chi connectivity index (χ3n) is 12.6. The molecular formula is C38H40N4O2. The van der Waals surface area contributed by atoms with Crippen molar-refractivity contribution in [3.05, 3.63) is 112 Å². The highest BCUT2D eigenvalue weighted by atomic mass is 16.3. The molecule has 1 saturated carbocycles. The molecule has 1 spiro atoms. The smallest absolute Gasteiger partial charge is 0.0882 e. The minimum Gasteiger partial charge on any atom is -0.392 e. The van der Waals surface area contributed by atoms with Gasteiger partial charge >= 0.3 is 0 Å². The second-order valence-electron chi connectivity index (χ2n) is 14.1. The van der Waals surface area contributed by atoms with Gasteiger partial charge in [0.25, 0.3) is 0 Å². The highest BCUT2D eigenvalue weighted by Crippen LogP contribution is 2.65. The molecule has 224 valence electrons. The predicted molar refractivity (Wildman–Crippen MR) is 173 cm³/mol. The van der Waals surface area contributed by atoms with Crippen molar-refractivity contribution >= 4 is 16.6 Å². The zero-order valence-electron chi connectivity index (χ0n) is 25.3. The molecule has 1 aliphatic carbocycles. The van der Waals surface area contributed by atoms with E-state index < -0.39 is 6.10 Å². The Labute approximate surface area is 258 Å². The van der Waals surface area contributed by atoms with E-state index in [2.05, 4.69) is 99.7 Å². The fourth-order valence-corrected chi connectivity index (χ4v) is 11.0. The van der Waals surface area contributed by atoms with Crippen LogP contribution in [0.25, 0.3) is 10.9 Å². The lowest BCUT2D eigenvalue weighted by Crippen LogP contribution is -2.67. The summed E-state index contributed by atoms with van der Waals surface area (Å²) in [5, 5.41) is 24.1. The minimum absolute atomic E-state index is 0.0370. The van der Waals surface area contributed by atoms with Gasteiger partial charge in [-0.3, -0.25) is 4.90 Å². The van der Waals surface area contributed by atoms with Gasteiger partial charge in [0.05, 0.1) is 24.8 Å². The molecule has 7 atom stereocenters. The second-order valence-corrected chi connectivity index (χ2v) is 14.1. The van der Waals surface area contributed by atoms with Crippen molar-refractivity contribution in [3.63, 3.8) is 0 Å². The molecule has 6 nitrogen and oxygen atoms in total. The average Bonchev–Trinajstić information content (AvgIpc) is 3.73. The number of H-pyrrole nitrogens is 1. The van der Waals surface area contributed by atoms with Gasteiger partial charge in [0, 0.05) is 70.7 Å². The summed E-state index contributed by atoms with van der Waals surface area (Å²) >= 11 is 0. The average molecular weight is 585 g/mol. The molecule has 3 aromatic rings. The molecule has 10 rings (SSSR count). The number of fused-ring (bicyclic) bond motifs is 9. The number of nitrogens with zero attached hydrogens (tertiary/aromatic N) is 3. The van der Waals surface area contributed by atoms with Gasteiger partial charge in [-0.1, -0.05) is 55.0 Å². The Morgan fingerprint density at radius 1 is 1.07 bits per heavy atom. The van der Waals surface area contributed by atoms with Gasteiger partial charge in [-0.25, -0.2) is 0 Å². The third-order valence-corrected chi connectivity index (χ3v) is 12.6. The number of aliphatic hydroxyl groups is 2. The molecule has 7 unspecified atom stereocenters. The van der Waals surface area contributed by atoms with Crippen LogP contribution in [0.1, 0.15) is 49.0 Å². The third kappa shape index (κ3) is 3.07. The van der Waals surface area contributed by atoms with Crippen molar-refractivity contribution in [2.45, 2.75) is 62.3 Å². The molecule has 44 heavy (non-hydrogen) atoms. The highest BCUT2D eigenvalue weighted by Gasteiger charge is 2.69. The first-order valence-electron chi connectivity index (χ1n) is 16.7. The number of hydrogen-bond acceptors (Lipinski definition) is 5. The largest absolute Gasteiger partial charge is 0.392 e. The summed E-state index contributed by atoms with van der Waals surface area (Å²) in [5.41, 5.74) is 11.7. The van der Waals surface area contributed by atoms with Crippen LogP contribution >= 0.6 is 0 Å². The monoisotopic (exact) mass is 584 g/mol. The topological polar surface area (TPSA) is 66.0 Å². The zero-order chi connectivity index (χ0) is 29.3. The number of piperidine rings is 1. The van der Waals surface area contributed by atoms with E-state index >= 15 is 0 Å². The van der Waals surface area contributed by atoms with Crippen molar-refractivity contribution in [1.82, 2.24) is 14.8 Å². The molecule has 6 heteroatoms. The Kier molecular flexibility index (Phi) is 5.26. The molecule has 7 aliphatic rings. The Morgan fingerprint density at radius 2 is 1.93 bits per heavy atom. The lowest BCUT2D eigenvalue weighted by Gasteiger charge is -2.59. The number of para-hydroxylation sites is 2. The summed E-state index contributed by atoms with van der Waals surface area (Å²) in [6.07, 6.45) is 12.8. The van der Waals surface area contributed by atoms with Crippen molar-refractivity contribution in [3.8, 4) is 0 Å². The minimum atomic E-state index is -0.568. The number of aliphatic hydroxyl groups excluding tert-OH is 2. The number of rotatable bonds is 3. The Bertz CT molecular complexity index is 1850. The van der Waals surface area contributed by atoms with E-state index in [1.807, 2.05) is 0 Å². The van der Waals surface area contributed by atoms with Crippen LogP contribution < -0.4 is 4.90 Å². The standard InChI is InChI=1S/C38H40N4O2/c1-2-22-19-40-14-11-25-24-7-3-5-9-30(24)39-35(25)32(40)17-26(22)28-21-42-31-10-6-4-8-29(31)38-13-15-41-20-23(12-16-43)27(18-33(38)41)34(36(28)44)37(38)42/h3-10,12,17,19,21,27,32-34,36-37,39,43-44H,2,11,13-16,18,20H2,1H3. The van der Waals surface area contributed by atoms with E-state index in [1.54, 1.807) is 0 Å². The van der Waals surface area contributed by atoms with Crippen LogP contribution in [0.4, 0.5) is 5.69 Å². The van der Waals surface area contributed by atoms with Gasteiger partial charge in [-0.2, -0.15) is 0 Å². The predicted octanol–water partition coefficient (Wildman–Crippen LogP) is 5.33. The quantitative estimate of drug-likeness (QED) is 0.364. The van der Waals surface area contributed by atoms with Gasteiger partial charge in [-0.15, -0.1) is 0 Å². The van der Waals surface area contributed by atoms with E-state index in [0.29, 0.717) is 6.04 Å². The van der Waals surface area contributed by atoms with E-state index in [9.17, 15) is 10.2 Å². The van der Waals surface area contributed by atoms with Gasteiger partial charge in [0.2, 0.25) is 0 Å². The number of allylic oxidation sites excluding steroid dienone is 1. The number of hydrogen-bond donors (Lipinski definition) is 3. The van der Waals surface area contributed by atoms with Gasteiger partial charge in [-0.05, 0) is 78.6 Å². The Hall–Kier alpha value is -3.58. The Morgan fingerprint density at radius 3 is 2.82 bits per heavy atom. The summed E-state index contributed by atoms with van der Waals surface area (Å²) < 4.78 is 0. The van der Waals surface area contributed by atoms with Crippen molar-refractivity contribution in [2.24, 2.45) is 11.8 Å². The second kappa shape index (κ2) is 9.00. The summed E-state index contributed by atoms with van der Waals surface area (Å²) in [4.78, 5) is 11.6. The fourth-order valence-electron chi connectivity index (χ4n) is 11.0. The van der Waals surface area contributed by atoms with Crippen LogP contribution in [-0.4, -0.2) is 69.4 Å². The maximum Gasteiger partial charge on any atom is 0.0882 e. The first-order valence-corrected chi connectivity index (χ1v) is 16.7. The first-order chi connectivity index (χ1) is 21.6. The van der Waals surface area contributed by atoms with E-state index in [0.717, 1.165) is 50.9 Å². The van der Waals surface area contributed by atoms with E-state index in [1.165, 1.54) is 50.1 Å². The molecule has 2 aromatic carbocycles. The molecule has 3 N–H and O–H groups in total. The van der Waals surface area contributed by atoms with Crippen LogP contribution in [0, 0.1) is 11.8 Å². The lowest BCUT2D eigenvalue weighted by atomic mass is 9.53. The highest BCUT2D eigenvalue weighted by molar-refractivity contribution is 5.85. The van der Waals surface area contributed by atoms with Crippen LogP contribution in [0.15, 0.2) is 95.4 Å². The molecule has 7 heterocycles. The van der Waals surface area contributed by atoms with Crippen LogP contribution in [0.2, 0.25) is 0 Å². The van der Waals surface area contributed by atoms with E-state index in [-0.39, 0.29) is 35.9 Å². The summed E-state index contributed by atoms with van der Waals surface area (Å²) in [6, 6.07) is 18.6. The maximum absolute atomic E-state index is 12.7. The van der Waals surface area contributed by atoms with Gasteiger partial charge < -0.3 is 25.0 Å². The van der Waals surface area contributed by atoms with Gasteiger partial charge in [0.15, 0.2) is 0 Å². The summed E-state index contributed by atoms with van der Waals surface area (Å²) in [6.45, 7) is 5.30. The molecule has 3 fully saturated rings. The molecule has 2 saturated heterocycles. The number of nitrogens with one attached hydrogen (secondary N) is 1. The van der Waals surface area contributed by atoms with Crippen LogP contribution in [0.3, 0.4) is 0 Å². The molecule has 6 aliphatic heterocycles. The normalized spacial score (nSPS) is 35.6. The van der Waals surface area contributed by atoms with E-state index in [4.69, 9.17) is 0 Å².